The van der Waals surface area contributed by atoms with E-state index < -0.39 is 0 Å². The summed E-state index contributed by atoms with van der Waals surface area (Å²) in [7, 11) is 0. The Balaban J connectivity index is 1.70. The van der Waals surface area contributed by atoms with E-state index >= 15 is 0 Å². The highest BCUT2D eigenvalue weighted by atomic mass is 35.5. The second-order valence-electron chi connectivity index (χ2n) is 6.12. The van der Waals surface area contributed by atoms with Crippen LogP contribution >= 0.6 is 34.8 Å². The van der Waals surface area contributed by atoms with Crippen LogP contribution in [-0.2, 0) is 0 Å². The molecule has 0 spiro atoms. The van der Waals surface area contributed by atoms with E-state index in [0.717, 1.165) is 0 Å². The Labute approximate surface area is 188 Å². The minimum Gasteiger partial charge on any atom is -0.323 e. The molecule has 0 aliphatic carbocycles. The summed E-state index contributed by atoms with van der Waals surface area (Å²) >= 11 is 18.8. The average Bonchev–Trinajstić information content (AvgIpc) is 2.73. The molecule has 30 heavy (non-hydrogen) atoms. The Morgan fingerprint density at radius 3 is 0.967 bits per heavy atom. The molecule has 0 radical (unpaired) electrons. The molecular formula is C21H15Cl3N6. The lowest BCUT2D eigenvalue weighted by atomic mass is 10.3. The van der Waals surface area contributed by atoms with Crippen LogP contribution in [0.25, 0.3) is 0 Å². The molecule has 0 unspecified atom stereocenters. The van der Waals surface area contributed by atoms with Crippen LogP contribution < -0.4 is 16.0 Å². The van der Waals surface area contributed by atoms with Crippen molar-refractivity contribution in [3.05, 3.63) is 87.9 Å². The molecule has 0 amide bonds. The molecule has 3 aromatic carbocycles. The fourth-order valence-electron chi connectivity index (χ4n) is 2.59. The van der Waals surface area contributed by atoms with Crippen LogP contribution in [0.15, 0.2) is 72.8 Å². The highest BCUT2D eigenvalue weighted by Gasteiger charge is 2.11. The third-order valence-corrected chi connectivity index (χ3v) is 4.99. The highest BCUT2D eigenvalue weighted by molar-refractivity contribution is 6.34. The SMILES string of the molecule is Clc1ccccc1Nc1nc(Nc2ccccc2Cl)nc(Nc2ccccc2Cl)n1. The normalized spacial score (nSPS) is 10.5. The maximum Gasteiger partial charge on any atom is 0.233 e. The lowest BCUT2D eigenvalue weighted by Gasteiger charge is -2.13. The molecule has 0 saturated carbocycles. The molecule has 6 nitrogen and oxygen atoms in total. The highest BCUT2D eigenvalue weighted by Crippen LogP contribution is 2.28. The van der Waals surface area contributed by atoms with Crippen LogP contribution in [0.2, 0.25) is 15.1 Å². The Morgan fingerprint density at radius 2 is 0.700 bits per heavy atom. The first-order chi connectivity index (χ1) is 14.6. The summed E-state index contributed by atoms with van der Waals surface area (Å²) in [5, 5.41) is 11.0. The largest absolute Gasteiger partial charge is 0.323 e. The summed E-state index contributed by atoms with van der Waals surface area (Å²) < 4.78 is 0. The quantitative estimate of drug-likeness (QED) is 0.288. The first kappa shape index (κ1) is 20.2. The predicted octanol–water partition coefficient (Wildman–Crippen LogP) is 7.06. The van der Waals surface area contributed by atoms with Gasteiger partial charge in [0.05, 0.1) is 32.1 Å². The summed E-state index contributed by atoms with van der Waals surface area (Å²) in [4.78, 5) is 13.3. The van der Waals surface area contributed by atoms with Crippen LogP contribution in [0.1, 0.15) is 0 Å². The molecule has 1 heterocycles. The van der Waals surface area contributed by atoms with Gasteiger partial charge in [0, 0.05) is 0 Å². The number of aromatic nitrogens is 3. The topological polar surface area (TPSA) is 74.8 Å². The zero-order valence-corrected chi connectivity index (χ0v) is 17.7. The summed E-state index contributed by atoms with van der Waals surface area (Å²) in [6.07, 6.45) is 0. The number of nitrogens with one attached hydrogen (secondary N) is 3. The second kappa shape index (κ2) is 9.17. The number of anilines is 6. The van der Waals surface area contributed by atoms with Crippen LogP contribution in [0.5, 0.6) is 0 Å². The Kier molecular flexibility index (Phi) is 6.18. The van der Waals surface area contributed by atoms with Crippen molar-refractivity contribution < 1.29 is 0 Å². The standard InChI is InChI=1S/C21H15Cl3N6/c22-13-7-1-4-10-16(13)25-19-28-20(26-17-11-5-2-8-14(17)23)30-21(29-19)27-18-12-6-3-9-15(18)24/h1-12H,(H3,25,26,27,28,29,30). The molecule has 0 aliphatic rings. The molecule has 0 saturated heterocycles. The predicted molar refractivity (Wildman–Crippen MR) is 124 cm³/mol. The summed E-state index contributed by atoms with van der Waals surface area (Å²) in [5.74, 6) is 0.881. The van der Waals surface area contributed by atoms with Gasteiger partial charge in [-0.05, 0) is 36.4 Å². The minimum absolute atomic E-state index is 0.294. The van der Waals surface area contributed by atoms with Crippen LogP contribution in [0.3, 0.4) is 0 Å². The number of benzene rings is 3. The minimum atomic E-state index is 0.294. The first-order valence-electron chi connectivity index (χ1n) is 8.89. The van der Waals surface area contributed by atoms with E-state index in [9.17, 15) is 0 Å². The summed E-state index contributed by atoms with van der Waals surface area (Å²) in [5.41, 5.74) is 1.99. The number of halogens is 3. The van der Waals surface area contributed by atoms with Crippen molar-refractivity contribution in [2.24, 2.45) is 0 Å². The maximum absolute atomic E-state index is 6.25. The second-order valence-corrected chi connectivity index (χ2v) is 7.34. The van der Waals surface area contributed by atoms with E-state index in [1.54, 1.807) is 18.2 Å². The van der Waals surface area contributed by atoms with Gasteiger partial charge >= 0.3 is 0 Å². The average molecular weight is 458 g/mol. The van der Waals surface area contributed by atoms with Crippen molar-refractivity contribution in [3.63, 3.8) is 0 Å². The van der Waals surface area contributed by atoms with Crippen molar-refractivity contribution in [2.45, 2.75) is 0 Å². The molecule has 0 aliphatic heterocycles. The molecular weight excluding hydrogens is 443 g/mol. The first-order valence-corrected chi connectivity index (χ1v) is 10.0. The molecule has 0 bridgehead atoms. The van der Waals surface area contributed by atoms with Gasteiger partial charge in [-0.25, -0.2) is 0 Å². The summed E-state index contributed by atoms with van der Waals surface area (Å²) in [6, 6.07) is 21.9. The van der Waals surface area contributed by atoms with Gasteiger partial charge in [0.15, 0.2) is 0 Å². The van der Waals surface area contributed by atoms with Crippen molar-refractivity contribution in [1.82, 2.24) is 15.0 Å². The van der Waals surface area contributed by atoms with Gasteiger partial charge in [-0.2, -0.15) is 15.0 Å². The smallest absolute Gasteiger partial charge is 0.233 e. The maximum atomic E-state index is 6.25. The zero-order valence-electron chi connectivity index (χ0n) is 15.4. The van der Waals surface area contributed by atoms with E-state index in [1.807, 2.05) is 54.6 Å². The third-order valence-electron chi connectivity index (χ3n) is 4.00. The van der Waals surface area contributed by atoms with Crippen molar-refractivity contribution in [2.75, 3.05) is 16.0 Å². The number of para-hydroxylation sites is 3. The third kappa shape index (κ3) is 4.91. The van der Waals surface area contributed by atoms with Crippen molar-refractivity contribution in [1.29, 1.82) is 0 Å². The van der Waals surface area contributed by atoms with E-state index in [1.165, 1.54) is 0 Å². The number of rotatable bonds is 6. The van der Waals surface area contributed by atoms with Gasteiger partial charge in [0.25, 0.3) is 0 Å². The van der Waals surface area contributed by atoms with Gasteiger partial charge in [0.2, 0.25) is 17.8 Å². The molecule has 4 aromatic rings. The molecule has 0 atom stereocenters. The van der Waals surface area contributed by atoms with Crippen LogP contribution in [0.4, 0.5) is 34.9 Å². The van der Waals surface area contributed by atoms with Crippen LogP contribution in [-0.4, -0.2) is 15.0 Å². The van der Waals surface area contributed by atoms with E-state index in [4.69, 9.17) is 34.8 Å². The Morgan fingerprint density at radius 1 is 0.433 bits per heavy atom. The number of nitrogens with zero attached hydrogens (tertiary/aromatic N) is 3. The molecule has 4 rings (SSSR count). The van der Waals surface area contributed by atoms with Gasteiger partial charge in [0.1, 0.15) is 0 Å². The van der Waals surface area contributed by atoms with Crippen molar-refractivity contribution in [3.8, 4) is 0 Å². The molecule has 0 fully saturated rings. The van der Waals surface area contributed by atoms with Gasteiger partial charge in [-0.1, -0.05) is 71.2 Å². The Hall–Kier alpha value is -3.06. The fourth-order valence-corrected chi connectivity index (χ4v) is 3.14. The zero-order chi connectivity index (χ0) is 20.9. The lowest BCUT2D eigenvalue weighted by Crippen LogP contribution is -2.07. The Bertz CT molecular complexity index is 1030. The molecule has 9 heteroatoms. The number of hydrogen-bond acceptors (Lipinski definition) is 6. The monoisotopic (exact) mass is 456 g/mol. The molecule has 1 aromatic heterocycles. The summed E-state index contributed by atoms with van der Waals surface area (Å²) in [6.45, 7) is 0. The lowest BCUT2D eigenvalue weighted by molar-refractivity contribution is 1.06. The number of hydrogen-bond donors (Lipinski definition) is 3. The molecule has 3 N–H and O–H groups in total. The molecule has 150 valence electrons. The van der Waals surface area contributed by atoms with Gasteiger partial charge in [-0.15, -0.1) is 0 Å². The van der Waals surface area contributed by atoms with Gasteiger partial charge in [-0.3, -0.25) is 0 Å². The van der Waals surface area contributed by atoms with Gasteiger partial charge < -0.3 is 16.0 Å². The van der Waals surface area contributed by atoms with E-state index in [-0.39, 0.29) is 0 Å². The van der Waals surface area contributed by atoms with Crippen LogP contribution in [0, 0.1) is 0 Å². The van der Waals surface area contributed by atoms with Crippen molar-refractivity contribution >= 4 is 69.7 Å². The van der Waals surface area contributed by atoms with E-state index in [2.05, 4.69) is 30.9 Å². The fraction of sp³-hybridized carbons (Fsp3) is 0. The van der Waals surface area contributed by atoms with E-state index in [0.29, 0.717) is 50.0 Å².